The van der Waals surface area contributed by atoms with E-state index in [0.717, 1.165) is 37.8 Å². The van der Waals surface area contributed by atoms with Crippen molar-refractivity contribution in [3.05, 3.63) is 33.8 Å². The van der Waals surface area contributed by atoms with Crippen LogP contribution in [0.5, 0.6) is 0 Å². The molecule has 1 N–H and O–H groups in total. The van der Waals surface area contributed by atoms with Crippen molar-refractivity contribution < 1.29 is 4.79 Å². The molecule has 1 aromatic carbocycles. The average Bonchev–Trinajstić information content (AvgIpc) is 3.07. The molecule has 3 aliphatic rings. The van der Waals surface area contributed by atoms with Crippen LogP contribution in [0.15, 0.2) is 18.2 Å². The highest BCUT2D eigenvalue weighted by molar-refractivity contribution is 6.34. The van der Waals surface area contributed by atoms with E-state index >= 15 is 0 Å². The number of hydrogen-bond acceptors (Lipinski definition) is 4. The van der Waals surface area contributed by atoms with Crippen molar-refractivity contribution >= 4 is 29.1 Å². The van der Waals surface area contributed by atoms with Crippen molar-refractivity contribution in [2.24, 2.45) is 0 Å². The summed E-state index contributed by atoms with van der Waals surface area (Å²) >= 11 is 12.1. The lowest BCUT2D eigenvalue weighted by Crippen LogP contribution is -2.58. The third-order valence-electron chi connectivity index (χ3n) is 5.72. The van der Waals surface area contributed by atoms with Crippen LogP contribution in [0, 0.1) is 11.5 Å². The number of halogens is 2. The second-order valence-corrected chi connectivity index (χ2v) is 8.08. The number of likely N-dealkylation sites (tertiary alicyclic amines) is 1. The first-order chi connectivity index (χ1) is 12.0. The van der Waals surface area contributed by atoms with Gasteiger partial charge in [-0.25, -0.2) is 0 Å². The van der Waals surface area contributed by atoms with Gasteiger partial charge in [0.2, 0.25) is 5.91 Å². The number of nitrogens with zero attached hydrogens (tertiary/aromatic N) is 3. The number of nitrogens with one attached hydrogen (secondary N) is 1. The normalized spacial score (nSPS) is 30.8. The van der Waals surface area contributed by atoms with Gasteiger partial charge in [0.15, 0.2) is 6.19 Å². The number of fused-ring (bicyclic) bond motifs is 2. The van der Waals surface area contributed by atoms with Crippen LogP contribution in [-0.4, -0.2) is 46.4 Å². The molecule has 1 unspecified atom stereocenters. The molecule has 4 atom stereocenters. The van der Waals surface area contributed by atoms with Crippen molar-refractivity contribution in [2.45, 2.75) is 56.4 Å². The molecule has 25 heavy (non-hydrogen) atoms. The zero-order chi connectivity index (χ0) is 17.6. The third-order valence-corrected chi connectivity index (χ3v) is 6.16. The minimum Gasteiger partial charge on any atom is -0.350 e. The first-order valence-electron chi connectivity index (χ1n) is 8.72. The zero-order valence-electron chi connectivity index (χ0n) is 13.8. The van der Waals surface area contributed by atoms with Gasteiger partial charge in [0.05, 0.1) is 18.1 Å². The molecule has 132 valence electrons. The maximum Gasteiger partial charge on any atom is 0.237 e. The molecule has 1 amide bonds. The number of hydrogen-bond donors (Lipinski definition) is 1. The molecule has 7 heteroatoms. The highest BCUT2D eigenvalue weighted by atomic mass is 35.5. The van der Waals surface area contributed by atoms with Crippen molar-refractivity contribution in [1.29, 1.82) is 5.26 Å². The fourth-order valence-electron chi connectivity index (χ4n) is 4.44. The standard InChI is InChI=1S/C18H20Cl2N4O/c19-12-5-11(6-13(20)7-12)9-23-4-3-17(23)18(25)22-15-8-14-1-2-16(15)24(14)10-21/h5-7,14-17H,1-4,8-9H2,(H,22,25)/t14-,15+,16+,17?/m0/s1. The first kappa shape index (κ1) is 17.0. The van der Waals surface area contributed by atoms with Crippen molar-refractivity contribution in [3.63, 3.8) is 0 Å². The Morgan fingerprint density at radius 3 is 2.60 bits per heavy atom. The second kappa shape index (κ2) is 6.68. The van der Waals surface area contributed by atoms with Crippen LogP contribution in [0.25, 0.3) is 0 Å². The van der Waals surface area contributed by atoms with Crippen LogP contribution >= 0.6 is 23.2 Å². The van der Waals surface area contributed by atoms with Gasteiger partial charge in [0.25, 0.3) is 0 Å². The van der Waals surface area contributed by atoms with Crippen molar-refractivity contribution in [2.75, 3.05) is 6.54 Å². The van der Waals surface area contributed by atoms with E-state index < -0.39 is 0 Å². The van der Waals surface area contributed by atoms with E-state index in [-0.39, 0.29) is 24.0 Å². The van der Waals surface area contributed by atoms with Crippen LogP contribution in [0.4, 0.5) is 0 Å². The molecule has 2 bridgehead atoms. The molecular formula is C18H20Cl2N4O. The molecule has 3 aliphatic heterocycles. The highest BCUT2D eigenvalue weighted by Crippen LogP contribution is 2.37. The fourth-order valence-corrected chi connectivity index (χ4v) is 5.01. The number of nitriles is 1. The van der Waals surface area contributed by atoms with E-state index in [1.54, 1.807) is 6.07 Å². The average molecular weight is 379 g/mol. The SMILES string of the molecule is N#CN1[C@H]2CC[C@@H]1[C@H](NC(=O)C1CCN1Cc1cc(Cl)cc(Cl)c1)C2. The number of amides is 1. The Bertz CT molecular complexity index is 714. The number of benzene rings is 1. The van der Waals surface area contributed by atoms with Crippen LogP contribution in [0.1, 0.15) is 31.2 Å². The van der Waals surface area contributed by atoms with Gasteiger partial charge in [-0.05, 0) is 49.4 Å². The molecule has 4 rings (SSSR count). The summed E-state index contributed by atoms with van der Waals surface area (Å²) < 4.78 is 0. The van der Waals surface area contributed by atoms with E-state index in [4.69, 9.17) is 23.2 Å². The Morgan fingerprint density at radius 1 is 1.24 bits per heavy atom. The summed E-state index contributed by atoms with van der Waals surface area (Å²) in [6.07, 6.45) is 6.10. The number of carbonyl (C=O) groups excluding carboxylic acids is 1. The molecular weight excluding hydrogens is 359 g/mol. The van der Waals surface area contributed by atoms with Crippen LogP contribution < -0.4 is 5.32 Å². The van der Waals surface area contributed by atoms with E-state index in [1.807, 2.05) is 17.0 Å². The summed E-state index contributed by atoms with van der Waals surface area (Å²) in [4.78, 5) is 16.7. The van der Waals surface area contributed by atoms with Gasteiger partial charge in [-0.3, -0.25) is 9.69 Å². The molecule has 0 radical (unpaired) electrons. The van der Waals surface area contributed by atoms with Crippen LogP contribution in [0.2, 0.25) is 10.0 Å². The van der Waals surface area contributed by atoms with Gasteiger partial charge < -0.3 is 10.2 Å². The van der Waals surface area contributed by atoms with E-state index in [9.17, 15) is 10.1 Å². The molecule has 1 aromatic rings. The minimum absolute atomic E-state index is 0.0785. The van der Waals surface area contributed by atoms with Crippen molar-refractivity contribution in [3.8, 4) is 6.19 Å². The molecule has 3 fully saturated rings. The Hall–Kier alpha value is -1.48. The van der Waals surface area contributed by atoms with E-state index in [0.29, 0.717) is 22.6 Å². The fraction of sp³-hybridized carbons (Fsp3) is 0.556. The Kier molecular flexibility index (Phi) is 4.53. The lowest BCUT2D eigenvalue weighted by Gasteiger charge is -2.40. The summed E-state index contributed by atoms with van der Waals surface area (Å²) in [7, 11) is 0. The molecule has 0 spiro atoms. The van der Waals surface area contributed by atoms with E-state index in [1.165, 1.54) is 0 Å². The Morgan fingerprint density at radius 2 is 2.00 bits per heavy atom. The van der Waals surface area contributed by atoms with Gasteiger partial charge in [0.1, 0.15) is 0 Å². The van der Waals surface area contributed by atoms with Gasteiger partial charge in [-0.1, -0.05) is 23.2 Å². The summed E-state index contributed by atoms with van der Waals surface area (Å²) in [6, 6.07) is 5.98. The van der Waals surface area contributed by atoms with Crippen LogP contribution in [0.3, 0.4) is 0 Å². The first-order valence-corrected chi connectivity index (χ1v) is 9.48. The zero-order valence-corrected chi connectivity index (χ0v) is 15.3. The van der Waals surface area contributed by atoms with Gasteiger partial charge in [-0.15, -0.1) is 0 Å². The topological polar surface area (TPSA) is 59.4 Å². The Balaban J connectivity index is 1.36. The molecule has 0 aromatic heterocycles. The van der Waals surface area contributed by atoms with E-state index in [2.05, 4.69) is 16.4 Å². The predicted molar refractivity (Wildman–Crippen MR) is 96.1 cm³/mol. The Labute approximate surface area is 157 Å². The molecule has 5 nitrogen and oxygen atoms in total. The van der Waals surface area contributed by atoms with Gasteiger partial charge >= 0.3 is 0 Å². The summed E-state index contributed by atoms with van der Waals surface area (Å²) in [5.74, 6) is 0.0785. The maximum atomic E-state index is 12.7. The molecule has 3 heterocycles. The monoisotopic (exact) mass is 378 g/mol. The lowest BCUT2D eigenvalue weighted by molar-refractivity contribution is -0.132. The largest absolute Gasteiger partial charge is 0.350 e. The van der Waals surface area contributed by atoms with Gasteiger partial charge in [0, 0.05) is 29.2 Å². The number of rotatable bonds is 4. The third kappa shape index (κ3) is 3.19. The number of carbonyl (C=O) groups is 1. The summed E-state index contributed by atoms with van der Waals surface area (Å²) in [5.41, 5.74) is 1.02. The quantitative estimate of drug-likeness (QED) is 0.818. The van der Waals surface area contributed by atoms with Crippen LogP contribution in [-0.2, 0) is 11.3 Å². The second-order valence-electron chi connectivity index (χ2n) is 7.21. The predicted octanol–water partition coefficient (Wildman–Crippen LogP) is 2.77. The minimum atomic E-state index is -0.104. The molecule has 0 aliphatic carbocycles. The highest BCUT2D eigenvalue weighted by Gasteiger charge is 2.47. The van der Waals surface area contributed by atoms with Gasteiger partial charge in [-0.2, -0.15) is 5.26 Å². The smallest absolute Gasteiger partial charge is 0.237 e. The molecule has 0 saturated carbocycles. The lowest BCUT2D eigenvalue weighted by atomic mass is 9.94. The van der Waals surface area contributed by atoms with Crippen molar-refractivity contribution in [1.82, 2.24) is 15.1 Å². The maximum absolute atomic E-state index is 12.7. The summed E-state index contributed by atoms with van der Waals surface area (Å²) in [6.45, 7) is 1.56. The summed E-state index contributed by atoms with van der Waals surface area (Å²) in [5, 5.41) is 13.7. The molecule has 3 saturated heterocycles.